The standard InChI is InChI=1S/C14H18N2O3.ClH/c1-9-10(2)16(6-5-15-9)14(17)11-3-4-12-13(7-11)19-8-18-12;/h3-4,7,9-10,15H,5-6,8H2,1-2H3;1H. The summed E-state index contributed by atoms with van der Waals surface area (Å²) < 4.78 is 10.6. The summed E-state index contributed by atoms with van der Waals surface area (Å²) in [4.78, 5) is 14.5. The van der Waals surface area contributed by atoms with Crippen molar-refractivity contribution in [1.82, 2.24) is 10.2 Å². The Labute approximate surface area is 124 Å². The number of hydrogen-bond acceptors (Lipinski definition) is 4. The van der Waals surface area contributed by atoms with Crippen LogP contribution in [0.3, 0.4) is 0 Å². The van der Waals surface area contributed by atoms with Crippen LogP contribution >= 0.6 is 12.4 Å². The van der Waals surface area contributed by atoms with Crippen molar-refractivity contribution < 1.29 is 14.3 Å². The smallest absolute Gasteiger partial charge is 0.254 e. The first-order valence-corrected chi connectivity index (χ1v) is 6.61. The van der Waals surface area contributed by atoms with Gasteiger partial charge in [0.15, 0.2) is 11.5 Å². The summed E-state index contributed by atoms with van der Waals surface area (Å²) in [5.74, 6) is 1.42. The monoisotopic (exact) mass is 298 g/mol. The van der Waals surface area contributed by atoms with Crippen molar-refractivity contribution in [1.29, 1.82) is 0 Å². The number of nitrogens with one attached hydrogen (secondary N) is 1. The van der Waals surface area contributed by atoms with Crippen molar-refractivity contribution in [2.45, 2.75) is 25.9 Å². The average molecular weight is 299 g/mol. The predicted molar refractivity (Wildman–Crippen MR) is 77.8 cm³/mol. The van der Waals surface area contributed by atoms with E-state index in [9.17, 15) is 4.79 Å². The van der Waals surface area contributed by atoms with Crippen LogP contribution in [-0.4, -0.2) is 42.8 Å². The Morgan fingerprint density at radius 2 is 2.05 bits per heavy atom. The third-order valence-corrected chi connectivity index (χ3v) is 3.91. The summed E-state index contributed by atoms with van der Waals surface area (Å²) in [6.45, 7) is 5.97. The number of fused-ring (bicyclic) bond motifs is 1. The molecule has 2 heterocycles. The van der Waals surface area contributed by atoms with Gasteiger partial charge in [0, 0.05) is 30.7 Å². The second-order valence-electron chi connectivity index (χ2n) is 5.05. The van der Waals surface area contributed by atoms with Gasteiger partial charge in [0.2, 0.25) is 6.79 Å². The van der Waals surface area contributed by atoms with E-state index in [1.54, 1.807) is 18.2 Å². The minimum Gasteiger partial charge on any atom is -0.454 e. The normalized spacial score (nSPS) is 24.2. The van der Waals surface area contributed by atoms with E-state index in [-0.39, 0.29) is 31.1 Å². The molecule has 1 saturated heterocycles. The minimum atomic E-state index is 0. The molecule has 0 radical (unpaired) electrons. The van der Waals surface area contributed by atoms with E-state index >= 15 is 0 Å². The number of hydrogen-bond donors (Lipinski definition) is 1. The molecule has 2 aliphatic heterocycles. The van der Waals surface area contributed by atoms with E-state index < -0.39 is 0 Å². The molecule has 0 saturated carbocycles. The molecule has 2 unspecified atom stereocenters. The Morgan fingerprint density at radius 1 is 1.30 bits per heavy atom. The lowest BCUT2D eigenvalue weighted by Crippen LogP contribution is -2.57. The van der Waals surface area contributed by atoms with E-state index in [2.05, 4.69) is 19.2 Å². The van der Waals surface area contributed by atoms with Crippen LogP contribution in [0.4, 0.5) is 0 Å². The molecule has 1 N–H and O–H groups in total. The van der Waals surface area contributed by atoms with Crippen LogP contribution in [0.25, 0.3) is 0 Å². The summed E-state index contributed by atoms with van der Waals surface area (Å²) in [5.41, 5.74) is 0.658. The Balaban J connectivity index is 0.00000147. The molecule has 6 heteroatoms. The molecule has 0 bridgehead atoms. The Kier molecular flexibility index (Phi) is 4.40. The molecule has 1 amide bonds. The molecule has 1 aromatic carbocycles. The number of amides is 1. The highest BCUT2D eigenvalue weighted by molar-refractivity contribution is 5.95. The first kappa shape index (κ1) is 14.9. The first-order chi connectivity index (χ1) is 9.16. The van der Waals surface area contributed by atoms with Gasteiger partial charge in [-0.05, 0) is 32.0 Å². The number of carbonyl (C=O) groups is 1. The molecule has 5 nitrogen and oxygen atoms in total. The lowest BCUT2D eigenvalue weighted by molar-refractivity contribution is 0.0602. The number of halogens is 1. The molecule has 20 heavy (non-hydrogen) atoms. The maximum atomic E-state index is 12.6. The lowest BCUT2D eigenvalue weighted by Gasteiger charge is -2.38. The highest BCUT2D eigenvalue weighted by Gasteiger charge is 2.29. The molecular formula is C14H19ClN2O3. The molecule has 2 aliphatic rings. The van der Waals surface area contributed by atoms with Gasteiger partial charge in [-0.2, -0.15) is 0 Å². The molecule has 3 rings (SSSR count). The van der Waals surface area contributed by atoms with E-state index in [1.807, 2.05) is 4.90 Å². The van der Waals surface area contributed by atoms with Gasteiger partial charge in [-0.3, -0.25) is 4.79 Å². The highest BCUT2D eigenvalue weighted by atomic mass is 35.5. The number of carbonyl (C=O) groups excluding carboxylic acids is 1. The second-order valence-corrected chi connectivity index (χ2v) is 5.05. The third-order valence-electron chi connectivity index (χ3n) is 3.91. The minimum absolute atomic E-state index is 0. The van der Waals surface area contributed by atoms with Crippen LogP contribution < -0.4 is 14.8 Å². The maximum Gasteiger partial charge on any atom is 0.254 e. The largest absolute Gasteiger partial charge is 0.454 e. The zero-order valence-electron chi connectivity index (χ0n) is 11.6. The summed E-state index contributed by atoms with van der Waals surface area (Å²) in [6, 6.07) is 5.86. The van der Waals surface area contributed by atoms with Gasteiger partial charge in [0.25, 0.3) is 5.91 Å². The molecule has 0 aromatic heterocycles. The number of benzene rings is 1. The van der Waals surface area contributed by atoms with Crippen LogP contribution in [0.2, 0.25) is 0 Å². The molecule has 1 fully saturated rings. The second kappa shape index (κ2) is 5.89. The number of ether oxygens (including phenoxy) is 2. The van der Waals surface area contributed by atoms with Gasteiger partial charge in [-0.15, -0.1) is 12.4 Å². The number of piperazine rings is 1. The van der Waals surface area contributed by atoms with Crippen molar-refractivity contribution in [2.24, 2.45) is 0 Å². The predicted octanol–water partition coefficient (Wildman–Crippen LogP) is 1.66. The SMILES string of the molecule is CC1NCCN(C(=O)c2ccc3c(c2)OCO3)C1C.Cl. The average Bonchev–Trinajstić information content (AvgIpc) is 2.88. The van der Waals surface area contributed by atoms with Gasteiger partial charge in [0.1, 0.15) is 0 Å². The Hall–Kier alpha value is -1.46. The lowest BCUT2D eigenvalue weighted by atomic mass is 10.1. The molecule has 110 valence electrons. The van der Waals surface area contributed by atoms with E-state index in [0.717, 1.165) is 13.1 Å². The van der Waals surface area contributed by atoms with Crippen LogP contribution in [0.15, 0.2) is 18.2 Å². The zero-order chi connectivity index (χ0) is 13.4. The molecular weight excluding hydrogens is 280 g/mol. The van der Waals surface area contributed by atoms with Crippen molar-refractivity contribution in [3.05, 3.63) is 23.8 Å². The quantitative estimate of drug-likeness (QED) is 0.857. The Morgan fingerprint density at radius 3 is 2.85 bits per heavy atom. The zero-order valence-corrected chi connectivity index (χ0v) is 12.4. The highest BCUT2D eigenvalue weighted by Crippen LogP contribution is 2.33. The van der Waals surface area contributed by atoms with Crippen molar-refractivity contribution in [3.8, 4) is 11.5 Å². The topological polar surface area (TPSA) is 50.8 Å². The number of rotatable bonds is 1. The fourth-order valence-corrected chi connectivity index (χ4v) is 2.54. The third kappa shape index (κ3) is 2.55. The van der Waals surface area contributed by atoms with Gasteiger partial charge >= 0.3 is 0 Å². The van der Waals surface area contributed by atoms with Crippen LogP contribution in [0.5, 0.6) is 11.5 Å². The fraction of sp³-hybridized carbons (Fsp3) is 0.500. The summed E-state index contributed by atoms with van der Waals surface area (Å²) >= 11 is 0. The Bertz CT molecular complexity index is 509. The van der Waals surface area contributed by atoms with E-state index in [0.29, 0.717) is 23.1 Å². The van der Waals surface area contributed by atoms with Gasteiger partial charge in [0.05, 0.1) is 0 Å². The van der Waals surface area contributed by atoms with Crippen molar-refractivity contribution >= 4 is 18.3 Å². The molecule has 0 spiro atoms. The summed E-state index contributed by atoms with van der Waals surface area (Å²) in [5, 5.41) is 3.37. The fourth-order valence-electron chi connectivity index (χ4n) is 2.54. The first-order valence-electron chi connectivity index (χ1n) is 6.61. The van der Waals surface area contributed by atoms with E-state index in [1.165, 1.54) is 0 Å². The number of nitrogens with zero attached hydrogens (tertiary/aromatic N) is 1. The van der Waals surface area contributed by atoms with Gasteiger partial charge in [-0.1, -0.05) is 0 Å². The molecule has 1 aromatic rings. The molecule has 0 aliphatic carbocycles. The van der Waals surface area contributed by atoms with Crippen molar-refractivity contribution in [2.75, 3.05) is 19.9 Å². The van der Waals surface area contributed by atoms with E-state index in [4.69, 9.17) is 9.47 Å². The van der Waals surface area contributed by atoms with Crippen LogP contribution in [0, 0.1) is 0 Å². The van der Waals surface area contributed by atoms with Gasteiger partial charge in [-0.25, -0.2) is 0 Å². The van der Waals surface area contributed by atoms with Crippen LogP contribution in [-0.2, 0) is 0 Å². The van der Waals surface area contributed by atoms with Crippen LogP contribution in [0.1, 0.15) is 24.2 Å². The maximum absolute atomic E-state index is 12.6. The summed E-state index contributed by atoms with van der Waals surface area (Å²) in [6.07, 6.45) is 0. The molecule has 2 atom stereocenters. The van der Waals surface area contributed by atoms with Gasteiger partial charge < -0.3 is 19.7 Å². The summed E-state index contributed by atoms with van der Waals surface area (Å²) in [7, 11) is 0. The van der Waals surface area contributed by atoms with Crippen molar-refractivity contribution in [3.63, 3.8) is 0 Å².